The smallest absolute Gasteiger partial charge is 0.117 e. The van der Waals surface area contributed by atoms with Gasteiger partial charge in [0.15, 0.2) is 0 Å². The molecule has 2 rings (SSSR count). The number of hydrogen-bond donors (Lipinski definition) is 1. The average Bonchev–Trinajstić information content (AvgIpc) is 2.90. The first kappa shape index (κ1) is 13.8. The normalized spacial score (nSPS) is 11.1. The lowest BCUT2D eigenvalue weighted by Gasteiger charge is -2.15. The highest BCUT2D eigenvalue weighted by Gasteiger charge is 2.03. The van der Waals surface area contributed by atoms with Gasteiger partial charge in [-0.05, 0) is 50.3 Å². The van der Waals surface area contributed by atoms with Gasteiger partial charge in [-0.1, -0.05) is 24.3 Å². The molecule has 0 radical (unpaired) electrons. The minimum atomic E-state index is 0.842. The molecule has 0 atom stereocenters. The third kappa shape index (κ3) is 4.54. The second-order valence-corrected chi connectivity index (χ2v) is 4.92. The lowest BCUT2D eigenvalue weighted by molar-refractivity contribution is 0.288. The summed E-state index contributed by atoms with van der Waals surface area (Å²) in [5, 5.41) is 3.17. The van der Waals surface area contributed by atoms with E-state index in [1.807, 2.05) is 19.2 Å². The van der Waals surface area contributed by atoms with E-state index in [-0.39, 0.29) is 0 Å². The van der Waals surface area contributed by atoms with Gasteiger partial charge in [-0.2, -0.15) is 0 Å². The van der Waals surface area contributed by atoms with E-state index >= 15 is 0 Å². The van der Waals surface area contributed by atoms with E-state index in [4.69, 9.17) is 4.42 Å². The maximum absolute atomic E-state index is 5.36. The molecule has 0 aliphatic carbocycles. The van der Waals surface area contributed by atoms with Crippen molar-refractivity contribution in [2.75, 3.05) is 20.6 Å². The predicted octanol–water partition coefficient (Wildman–Crippen LogP) is 2.67. The number of hydrogen-bond acceptors (Lipinski definition) is 3. The van der Waals surface area contributed by atoms with Crippen molar-refractivity contribution in [2.24, 2.45) is 0 Å². The Labute approximate surface area is 115 Å². The maximum atomic E-state index is 5.36. The van der Waals surface area contributed by atoms with Gasteiger partial charge >= 0.3 is 0 Å². The molecule has 102 valence electrons. The third-order valence-corrected chi connectivity index (χ3v) is 3.14. The molecule has 0 fully saturated rings. The van der Waals surface area contributed by atoms with Crippen molar-refractivity contribution < 1.29 is 4.42 Å². The molecular formula is C16H22N2O. The average molecular weight is 258 g/mol. The summed E-state index contributed by atoms with van der Waals surface area (Å²) >= 11 is 0. The quantitative estimate of drug-likeness (QED) is 0.827. The Morgan fingerprint density at radius 1 is 1.05 bits per heavy atom. The highest BCUT2D eigenvalue weighted by atomic mass is 16.3. The summed E-state index contributed by atoms with van der Waals surface area (Å²) in [4.78, 5) is 2.25. The molecule has 1 aromatic carbocycles. The summed E-state index contributed by atoms with van der Waals surface area (Å²) < 4.78 is 5.36. The fourth-order valence-electron chi connectivity index (χ4n) is 2.12. The summed E-state index contributed by atoms with van der Waals surface area (Å²) in [5.74, 6) is 1.01. The topological polar surface area (TPSA) is 28.4 Å². The van der Waals surface area contributed by atoms with Crippen LogP contribution in [-0.2, 0) is 19.5 Å². The summed E-state index contributed by atoms with van der Waals surface area (Å²) in [6, 6.07) is 12.8. The minimum Gasteiger partial charge on any atom is -0.468 e. The largest absolute Gasteiger partial charge is 0.468 e. The molecule has 0 unspecified atom stereocenters. The Balaban J connectivity index is 1.84. The molecule has 0 aliphatic rings. The number of nitrogens with one attached hydrogen (secondary N) is 1. The third-order valence-electron chi connectivity index (χ3n) is 3.14. The van der Waals surface area contributed by atoms with Gasteiger partial charge in [-0.3, -0.25) is 4.90 Å². The Morgan fingerprint density at radius 3 is 2.42 bits per heavy atom. The first-order valence-electron chi connectivity index (χ1n) is 6.71. The van der Waals surface area contributed by atoms with E-state index in [1.165, 1.54) is 11.1 Å². The van der Waals surface area contributed by atoms with Crippen molar-refractivity contribution in [3.63, 3.8) is 0 Å². The first-order chi connectivity index (χ1) is 9.28. The van der Waals surface area contributed by atoms with Crippen LogP contribution >= 0.6 is 0 Å². The van der Waals surface area contributed by atoms with Crippen molar-refractivity contribution in [1.82, 2.24) is 10.2 Å². The SMILES string of the molecule is CNCCc1ccc(CN(C)Cc2ccco2)cc1. The van der Waals surface area contributed by atoms with Gasteiger partial charge in [0.1, 0.15) is 5.76 Å². The summed E-state index contributed by atoms with van der Waals surface area (Å²) in [6.07, 6.45) is 2.80. The fraction of sp³-hybridized carbons (Fsp3) is 0.375. The lowest BCUT2D eigenvalue weighted by Crippen LogP contribution is -2.16. The molecule has 3 heteroatoms. The van der Waals surface area contributed by atoms with Gasteiger partial charge in [-0.25, -0.2) is 0 Å². The molecule has 0 amide bonds. The molecule has 1 N–H and O–H groups in total. The fourth-order valence-corrected chi connectivity index (χ4v) is 2.12. The van der Waals surface area contributed by atoms with Crippen molar-refractivity contribution in [1.29, 1.82) is 0 Å². The molecule has 19 heavy (non-hydrogen) atoms. The number of benzene rings is 1. The van der Waals surface area contributed by atoms with Crippen molar-refractivity contribution >= 4 is 0 Å². The molecule has 0 spiro atoms. The Hall–Kier alpha value is -1.58. The molecule has 0 saturated heterocycles. The molecule has 2 aromatic rings. The van der Waals surface area contributed by atoms with E-state index in [0.717, 1.165) is 31.8 Å². The standard InChI is InChI=1S/C16H22N2O/c1-17-10-9-14-5-7-15(8-6-14)12-18(2)13-16-4-3-11-19-16/h3-8,11,17H,9-10,12-13H2,1-2H3. The van der Waals surface area contributed by atoms with Gasteiger partial charge in [0, 0.05) is 6.54 Å². The Kier molecular flexibility index (Phi) is 5.19. The second-order valence-electron chi connectivity index (χ2n) is 4.92. The van der Waals surface area contributed by atoms with Crippen molar-refractivity contribution in [3.8, 4) is 0 Å². The van der Waals surface area contributed by atoms with Crippen LogP contribution in [0.2, 0.25) is 0 Å². The van der Waals surface area contributed by atoms with E-state index in [1.54, 1.807) is 6.26 Å². The van der Waals surface area contributed by atoms with Crippen LogP contribution in [0.4, 0.5) is 0 Å². The molecule has 0 aliphatic heterocycles. The van der Waals surface area contributed by atoms with Crippen LogP contribution in [0.3, 0.4) is 0 Å². The summed E-state index contributed by atoms with van der Waals surface area (Å²) in [5.41, 5.74) is 2.72. The predicted molar refractivity (Wildman–Crippen MR) is 78.0 cm³/mol. The van der Waals surface area contributed by atoms with Gasteiger partial charge in [0.05, 0.1) is 12.8 Å². The Bertz CT molecular complexity index is 462. The number of furan rings is 1. The molecule has 1 heterocycles. The highest BCUT2D eigenvalue weighted by Crippen LogP contribution is 2.10. The summed E-state index contributed by atoms with van der Waals surface area (Å²) in [7, 11) is 4.09. The number of rotatable bonds is 7. The van der Waals surface area contributed by atoms with Crippen LogP contribution in [0.25, 0.3) is 0 Å². The van der Waals surface area contributed by atoms with Crippen LogP contribution in [0.1, 0.15) is 16.9 Å². The maximum Gasteiger partial charge on any atom is 0.117 e. The zero-order chi connectivity index (χ0) is 13.5. The summed E-state index contributed by atoms with van der Waals surface area (Å²) in [6.45, 7) is 2.80. The van der Waals surface area contributed by atoms with Crippen molar-refractivity contribution in [3.05, 3.63) is 59.5 Å². The van der Waals surface area contributed by atoms with Gasteiger partial charge < -0.3 is 9.73 Å². The molecule has 0 saturated carbocycles. The number of nitrogens with zero attached hydrogens (tertiary/aromatic N) is 1. The van der Waals surface area contributed by atoms with E-state index in [0.29, 0.717) is 0 Å². The van der Waals surface area contributed by atoms with Crippen LogP contribution in [0.5, 0.6) is 0 Å². The van der Waals surface area contributed by atoms with Crippen LogP contribution in [-0.4, -0.2) is 25.5 Å². The van der Waals surface area contributed by atoms with E-state index in [2.05, 4.69) is 41.5 Å². The molecule has 1 aromatic heterocycles. The van der Waals surface area contributed by atoms with Crippen LogP contribution in [0, 0.1) is 0 Å². The van der Waals surface area contributed by atoms with E-state index in [9.17, 15) is 0 Å². The van der Waals surface area contributed by atoms with Gasteiger partial charge in [0.2, 0.25) is 0 Å². The van der Waals surface area contributed by atoms with Gasteiger partial charge in [0.25, 0.3) is 0 Å². The van der Waals surface area contributed by atoms with Crippen LogP contribution < -0.4 is 5.32 Å². The first-order valence-corrected chi connectivity index (χ1v) is 6.71. The zero-order valence-corrected chi connectivity index (χ0v) is 11.7. The Morgan fingerprint density at radius 2 is 1.79 bits per heavy atom. The molecular weight excluding hydrogens is 236 g/mol. The second kappa shape index (κ2) is 7.12. The number of likely N-dealkylation sites (N-methyl/N-ethyl adjacent to an activating group) is 1. The molecule has 3 nitrogen and oxygen atoms in total. The molecule has 0 bridgehead atoms. The lowest BCUT2D eigenvalue weighted by atomic mass is 10.1. The monoisotopic (exact) mass is 258 g/mol. The zero-order valence-electron chi connectivity index (χ0n) is 11.7. The van der Waals surface area contributed by atoms with Gasteiger partial charge in [-0.15, -0.1) is 0 Å². The van der Waals surface area contributed by atoms with Crippen molar-refractivity contribution in [2.45, 2.75) is 19.5 Å². The minimum absolute atomic E-state index is 0.842. The highest BCUT2D eigenvalue weighted by molar-refractivity contribution is 5.22. The van der Waals surface area contributed by atoms with E-state index < -0.39 is 0 Å². The van der Waals surface area contributed by atoms with Crippen LogP contribution in [0.15, 0.2) is 47.1 Å².